The van der Waals surface area contributed by atoms with Gasteiger partial charge in [0.2, 0.25) is 19.7 Å². The minimum atomic E-state index is -4.40. The van der Waals surface area contributed by atoms with Crippen LogP contribution in [0.4, 0.5) is 5.69 Å². The van der Waals surface area contributed by atoms with Gasteiger partial charge in [-0.05, 0) is 29.8 Å². The smallest absolute Gasteiger partial charge is 0.267 e. The molecule has 2 aromatic heterocycles. The van der Waals surface area contributed by atoms with Gasteiger partial charge in [0.1, 0.15) is 4.90 Å². The highest BCUT2D eigenvalue weighted by Gasteiger charge is 2.34. The van der Waals surface area contributed by atoms with Crippen LogP contribution in [0.25, 0.3) is 11.1 Å². The Labute approximate surface area is 175 Å². The van der Waals surface area contributed by atoms with Gasteiger partial charge in [-0.2, -0.15) is 10.2 Å². The quantitative estimate of drug-likeness (QED) is 0.327. The van der Waals surface area contributed by atoms with Crippen LogP contribution >= 0.6 is 0 Å². The lowest BCUT2D eigenvalue weighted by atomic mass is 10.1. The molecule has 0 unspecified atom stereocenters. The summed E-state index contributed by atoms with van der Waals surface area (Å²) in [4.78, 5) is 9.62. The molecule has 2 N–H and O–H groups in total. The van der Waals surface area contributed by atoms with Gasteiger partial charge in [-0.15, -0.1) is 0 Å². The molecular weight excluding hydrogens is 446 g/mol. The number of benzene rings is 2. The highest BCUT2D eigenvalue weighted by Crippen LogP contribution is 2.34. The number of nitro benzene ring substituents is 1. The van der Waals surface area contributed by atoms with Gasteiger partial charge in [-0.3, -0.25) is 20.3 Å². The molecular formula is C18H13N5O6S2. The van der Waals surface area contributed by atoms with Crippen molar-refractivity contribution < 1.29 is 21.8 Å². The van der Waals surface area contributed by atoms with Crippen molar-refractivity contribution in [2.45, 2.75) is 19.8 Å². The molecule has 0 saturated carbocycles. The van der Waals surface area contributed by atoms with E-state index in [0.717, 1.165) is 6.20 Å². The summed E-state index contributed by atoms with van der Waals surface area (Å²) in [5, 5.41) is 21.9. The minimum absolute atomic E-state index is 0.101. The summed E-state index contributed by atoms with van der Waals surface area (Å²) in [6.45, 7) is 0. The Hall–Kier alpha value is -3.84. The van der Waals surface area contributed by atoms with Crippen LogP contribution in [0, 0.1) is 10.1 Å². The molecule has 0 radical (unpaired) electrons. The van der Waals surface area contributed by atoms with Crippen molar-refractivity contribution in [3.05, 3.63) is 77.1 Å². The number of non-ortho nitro benzene ring substituents is 1. The first-order valence-corrected chi connectivity index (χ1v) is 11.6. The van der Waals surface area contributed by atoms with E-state index in [9.17, 15) is 26.9 Å². The summed E-state index contributed by atoms with van der Waals surface area (Å²) in [6, 6.07) is 12.5. The first-order chi connectivity index (χ1) is 14.7. The fraction of sp³-hybridized carbons (Fsp3) is 0. The molecule has 0 bridgehead atoms. The van der Waals surface area contributed by atoms with Crippen molar-refractivity contribution in [3.63, 3.8) is 0 Å². The molecule has 0 aliphatic rings. The molecule has 0 aliphatic heterocycles. The number of sulfone groups is 2. The van der Waals surface area contributed by atoms with Crippen LogP contribution in [0.5, 0.6) is 0 Å². The molecule has 4 aromatic rings. The van der Waals surface area contributed by atoms with Crippen molar-refractivity contribution in [2.24, 2.45) is 0 Å². The van der Waals surface area contributed by atoms with Crippen LogP contribution in [-0.2, 0) is 19.7 Å². The fourth-order valence-corrected chi connectivity index (χ4v) is 6.16. The lowest BCUT2D eigenvalue weighted by Crippen LogP contribution is -2.11. The maximum absolute atomic E-state index is 13.3. The van der Waals surface area contributed by atoms with E-state index in [1.807, 2.05) is 0 Å². The molecule has 4 rings (SSSR count). The molecule has 13 heteroatoms. The second-order valence-electron chi connectivity index (χ2n) is 6.30. The average Bonchev–Trinajstić information content (AvgIpc) is 3.45. The minimum Gasteiger partial charge on any atom is -0.267 e. The number of hydrogen-bond donors (Lipinski definition) is 2. The Morgan fingerprint density at radius 3 is 2.03 bits per heavy atom. The number of nitrogens with zero attached hydrogens (tertiary/aromatic N) is 3. The standard InChI is InChI=1S/C18H13N5O6S2/c24-23(25)13-8-6-12(7-9-13)15-10-19-21-17(15)31(28,29)16-11-20-22-18(16)30(26,27)14-4-2-1-3-5-14/h1-11H,(H,19,21)(H,20,22). The normalized spacial score (nSPS) is 12.0. The van der Waals surface area contributed by atoms with E-state index < -0.39 is 34.5 Å². The predicted molar refractivity (Wildman–Crippen MR) is 107 cm³/mol. The maximum Gasteiger partial charge on any atom is 0.269 e. The summed E-state index contributed by atoms with van der Waals surface area (Å²) in [5.74, 6) is 0. The molecule has 2 heterocycles. The topological polar surface area (TPSA) is 169 Å². The second-order valence-corrected chi connectivity index (χ2v) is 10.0. The molecule has 0 fully saturated rings. The summed E-state index contributed by atoms with van der Waals surface area (Å²) < 4.78 is 52.6. The second kappa shape index (κ2) is 7.45. The zero-order chi connectivity index (χ0) is 22.2. The van der Waals surface area contributed by atoms with Gasteiger partial charge in [-0.25, -0.2) is 16.8 Å². The highest BCUT2D eigenvalue weighted by molar-refractivity contribution is 7.94. The van der Waals surface area contributed by atoms with E-state index in [0.29, 0.717) is 5.56 Å². The van der Waals surface area contributed by atoms with Crippen molar-refractivity contribution in [1.82, 2.24) is 20.4 Å². The monoisotopic (exact) mass is 459 g/mol. The Balaban J connectivity index is 1.82. The third kappa shape index (κ3) is 3.49. The highest BCUT2D eigenvalue weighted by atomic mass is 32.2. The third-order valence-electron chi connectivity index (χ3n) is 4.45. The maximum atomic E-state index is 13.3. The van der Waals surface area contributed by atoms with E-state index in [1.165, 1.54) is 54.7 Å². The number of aromatic amines is 2. The molecule has 11 nitrogen and oxygen atoms in total. The molecule has 0 amide bonds. The predicted octanol–water partition coefficient (Wildman–Crippen LogP) is 2.37. The van der Waals surface area contributed by atoms with Gasteiger partial charge in [0, 0.05) is 17.7 Å². The lowest BCUT2D eigenvalue weighted by molar-refractivity contribution is -0.384. The van der Waals surface area contributed by atoms with Crippen LogP contribution in [0.1, 0.15) is 0 Å². The largest absolute Gasteiger partial charge is 0.269 e. The van der Waals surface area contributed by atoms with Crippen molar-refractivity contribution in [1.29, 1.82) is 0 Å². The van der Waals surface area contributed by atoms with Gasteiger partial charge in [0.15, 0.2) is 10.1 Å². The van der Waals surface area contributed by atoms with Crippen molar-refractivity contribution in [2.75, 3.05) is 0 Å². The van der Waals surface area contributed by atoms with E-state index in [1.54, 1.807) is 6.07 Å². The molecule has 0 spiro atoms. The molecule has 0 saturated heterocycles. The molecule has 0 atom stereocenters. The number of H-pyrrole nitrogens is 2. The molecule has 0 aliphatic carbocycles. The van der Waals surface area contributed by atoms with Gasteiger partial charge in [0.25, 0.3) is 5.69 Å². The first kappa shape index (κ1) is 20.4. The van der Waals surface area contributed by atoms with E-state index >= 15 is 0 Å². The van der Waals surface area contributed by atoms with Crippen LogP contribution in [0.3, 0.4) is 0 Å². The summed E-state index contributed by atoms with van der Waals surface area (Å²) in [5.41, 5.74) is 0.302. The molecule has 31 heavy (non-hydrogen) atoms. The van der Waals surface area contributed by atoms with Crippen LogP contribution in [0.2, 0.25) is 0 Å². The third-order valence-corrected chi connectivity index (χ3v) is 8.05. The molecule has 2 aromatic carbocycles. The zero-order valence-corrected chi connectivity index (χ0v) is 17.1. The van der Waals surface area contributed by atoms with Gasteiger partial charge >= 0.3 is 0 Å². The van der Waals surface area contributed by atoms with Crippen molar-refractivity contribution >= 4 is 25.4 Å². The van der Waals surface area contributed by atoms with E-state index in [-0.39, 0.29) is 21.2 Å². The number of nitro groups is 1. The summed E-state index contributed by atoms with van der Waals surface area (Å²) in [7, 11) is -8.60. The Morgan fingerprint density at radius 2 is 1.39 bits per heavy atom. The number of aromatic nitrogens is 4. The first-order valence-electron chi connectivity index (χ1n) is 8.59. The average molecular weight is 459 g/mol. The zero-order valence-electron chi connectivity index (χ0n) is 15.5. The summed E-state index contributed by atoms with van der Waals surface area (Å²) in [6.07, 6.45) is 2.14. The van der Waals surface area contributed by atoms with Crippen LogP contribution < -0.4 is 0 Å². The van der Waals surface area contributed by atoms with Gasteiger partial charge < -0.3 is 0 Å². The van der Waals surface area contributed by atoms with Crippen molar-refractivity contribution in [3.8, 4) is 11.1 Å². The van der Waals surface area contributed by atoms with Gasteiger partial charge in [-0.1, -0.05) is 18.2 Å². The number of hydrogen-bond acceptors (Lipinski definition) is 8. The Bertz CT molecular complexity index is 1470. The van der Waals surface area contributed by atoms with Crippen LogP contribution in [0.15, 0.2) is 86.8 Å². The summed E-state index contributed by atoms with van der Waals surface area (Å²) >= 11 is 0. The van der Waals surface area contributed by atoms with E-state index in [4.69, 9.17) is 0 Å². The number of rotatable bonds is 6. The van der Waals surface area contributed by atoms with Gasteiger partial charge in [0.05, 0.1) is 22.2 Å². The van der Waals surface area contributed by atoms with Crippen LogP contribution in [-0.4, -0.2) is 42.2 Å². The molecule has 158 valence electrons. The van der Waals surface area contributed by atoms with E-state index in [2.05, 4.69) is 20.4 Å². The number of nitrogens with one attached hydrogen (secondary N) is 2. The lowest BCUT2D eigenvalue weighted by Gasteiger charge is -2.07. The fourth-order valence-electron chi connectivity index (χ4n) is 2.92. The Kier molecular flexibility index (Phi) is 4.91. The Morgan fingerprint density at radius 1 is 0.774 bits per heavy atom. The SMILES string of the molecule is O=[N+]([O-])c1ccc(-c2cn[nH]c2S(=O)(=O)c2cn[nH]c2S(=O)(=O)c2ccccc2)cc1.